The second-order valence-corrected chi connectivity index (χ2v) is 26.5. The summed E-state index contributed by atoms with van der Waals surface area (Å²) in [5, 5.41) is 0. The molecule has 6 unspecified atom stereocenters. The molecule has 76 heavy (non-hydrogen) atoms. The van der Waals surface area contributed by atoms with Crippen molar-refractivity contribution >= 4 is 17.9 Å². The topological polar surface area (TPSA) is 193 Å². The molecule has 0 radical (unpaired) electrons. The summed E-state index contributed by atoms with van der Waals surface area (Å²) < 4.78 is 57.5. The maximum Gasteiger partial charge on any atom is 0.320 e. The van der Waals surface area contributed by atoms with Gasteiger partial charge in [-0.2, -0.15) is 0 Å². The van der Waals surface area contributed by atoms with Gasteiger partial charge in [0.2, 0.25) is 17.4 Å². The molecule has 19 heteroatoms. The molecular weight excluding hydrogens is 987 g/mol. The van der Waals surface area contributed by atoms with Crippen molar-refractivity contribution < 1.29 is 86.3 Å². The fraction of sp³-hybridized carbons (Fsp3) is 0.947. The van der Waals surface area contributed by atoms with Gasteiger partial charge in [0.1, 0.15) is 0 Å². The lowest BCUT2D eigenvalue weighted by Crippen LogP contribution is -2.70. The van der Waals surface area contributed by atoms with Crippen LogP contribution >= 0.6 is 0 Å². The van der Waals surface area contributed by atoms with Crippen molar-refractivity contribution in [3.8, 4) is 0 Å². The summed E-state index contributed by atoms with van der Waals surface area (Å²) in [6, 6.07) is 0. The molecule has 12 saturated heterocycles. The Hall–Kier alpha value is -2.11. The standard InChI is InChI=1S/C57H87NO18/c1-31-10-13-40-34(4)43(65-49-55(40)37(31)16-22-52(7,68-49)71-74-55)19-25-62-46(59)28-58(29-47(60)63-26-20-44-35(5)41-14-11-32(2)38-17-23-53(8)69-50(66-44)56(38,41)75-72-53)30-48(61)64-27-21-45-36(6)42-15-12-33(3)39-18-24-54(9)70-51(67-45)57(39,42)76-73-54/h31-45,49-51H,10-30H2,1-9H3/t31-,32-,33-,34-,35-,36-,37+,38+,39+,40+,41+,42+,43?,44?,45?,49-,50-,51-,52?,53?,54?,55-,56-,57-/m1/s1. The van der Waals surface area contributed by atoms with Crippen molar-refractivity contribution in [3.05, 3.63) is 0 Å². The van der Waals surface area contributed by atoms with Crippen molar-refractivity contribution in [2.24, 2.45) is 71.0 Å². The lowest BCUT2D eigenvalue weighted by Gasteiger charge is -2.60. The second kappa shape index (κ2) is 20.4. The zero-order valence-corrected chi connectivity index (χ0v) is 46.5. The van der Waals surface area contributed by atoms with Crippen LogP contribution in [0.4, 0.5) is 0 Å². The van der Waals surface area contributed by atoms with Crippen LogP contribution in [0, 0.1) is 71.0 Å². The van der Waals surface area contributed by atoms with Gasteiger partial charge < -0.3 is 42.6 Å². The molecule has 3 aliphatic carbocycles. The molecular formula is C57H87NO18. The highest BCUT2D eigenvalue weighted by Crippen LogP contribution is 2.64. The van der Waals surface area contributed by atoms with E-state index in [9.17, 15) is 14.4 Å². The third-order valence-electron chi connectivity index (χ3n) is 21.9. The highest BCUT2D eigenvalue weighted by atomic mass is 17.3. The average Bonchev–Trinajstić information content (AvgIpc) is 3.98. The van der Waals surface area contributed by atoms with E-state index in [0.717, 1.165) is 77.0 Å². The van der Waals surface area contributed by atoms with Crippen LogP contribution < -0.4 is 0 Å². The number of fused-ring (bicyclic) bond motifs is 6. The summed E-state index contributed by atoms with van der Waals surface area (Å²) in [4.78, 5) is 79.7. The Morgan fingerprint density at radius 2 is 0.697 bits per heavy atom. The van der Waals surface area contributed by atoms with Gasteiger partial charge in [0.25, 0.3) is 0 Å². The van der Waals surface area contributed by atoms with Crippen LogP contribution in [0.2, 0.25) is 0 Å². The molecule has 12 aliphatic heterocycles. The van der Waals surface area contributed by atoms with Gasteiger partial charge in [-0.05, 0) is 132 Å². The minimum atomic E-state index is -0.895. The molecule has 15 aliphatic rings. The molecule has 15 fully saturated rings. The molecule has 19 nitrogen and oxygen atoms in total. The number of hydrogen-bond acceptors (Lipinski definition) is 19. The molecule has 24 atom stereocenters. The van der Waals surface area contributed by atoms with Crippen LogP contribution in [0.25, 0.3) is 0 Å². The fourth-order valence-corrected chi connectivity index (χ4v) is 17.6. The Labute approximate surface area is 448 Å². The molecule has 3 saturated carbocycles. The predicted molar refractivity (Wildman–Crippen MR) is 264 cm³/mol. The van der Waals surface area contributed by atoms with Gasteiger partial charge in [0.05, 0.1) is 57.8 Å². The summed E-state index contributed by atoms with van der Waals surface area (Å²) in [6.45, 7) is 18.3. The van der Waals surface area contributed by atoms with Crippen LogP contribution in [0.3, 0.4) is 0 Å². The Morgan fingerprint density at radius 1 is 0.408 bits per heavy atom. The quantitative estimate of drug-likeness (QED) is 0.0874. The van der Waals surface area contributed by atoms with E-state index >= 15 is 0 Å². The largest absolute Gasteiger partial charge is 0.465 e. The maximum absolute atomic E-state index is 13.8. The van der Waals surface area contributed by atoms with Gasteiger partial charge in [-0.1, -0.05) is 41.5 Å². The number of hydrogen-bond donors (Lipinski definition) is 0. The highest BCUT2D eigenvalue weighted by Gasteiger charge is 2.72. The highest BCUT2D eigenvalue weighted by molar-refractivity contribution is 5.78. The number of nitrogens with zero attached hydrogens (tertiary/aromatic N) is 1. The van der Waals surface area contributed by atoms with E-state index in [0.29, 0.717) is 37.0 Å². The first-order chi connectivity index (χ1) is 36.3. The summed E-state index contributed by atoms with van der Waals surface area (Å²) >= 11 is 0. The molecule has 12 heterocycles. The van der Waals surface area contributed by atoms with Crippen molar-refractivity contribution in [1.29, 1.82) is 0 Å². The zero-order valence-electron chi connectivity index (χ0n) is 46.5. The smallest absolute Gasteiger partial charge is 0.320 e. The van der Waals surface area contributed by atoms with Crippen LogP contribution in [0.1, 0.15) is 159 Å². The predicted octanol–water partition coefficient (Wildman–Crippen LogP) is 7.84. The number of carbonyl (C=O) groups is 3. The van der Waals surface area contributed by atoms with Crippen LogP contribution in [-0.2, 0) is 86.3 Å². The molecule has 6 bridgehead atoms. The monoisotopic (exact) mass is 1070 g/mol. The van der Waals surface area contributed by atoms with E-state index in [4.69, 9.17) is 72.0 Å². The van der Waals surface area contributed by atoms with Gasteiger partial charge in [0.15, 0.2) is 35.7 Å². The molecule has 0 aromatic carbocycles. The minimum Gasteiger partial charge on any atom is -0.465 e. The normalized spacial score (nSPS) is 51.6. The maximum atomic E-state index is 13.8. The molecule has 0 N–H and O–H groups in total. The van der Waals surface area contributed by atoms with E-state index in [1.165, 1.54) is 4.90 Å². The average molecular weight is 1070 g/mol. The lowest BCUT2D eigenvalue weighted by molar-refractivity contribution is -0.571. The third kappa shape index (κ3) is 9.13. The van der Waals surface area contributed by atoms with E-state index in [1.54, 1.807) is 0 Å². The Bertz CT molecular complexity index is 1940. The fourth-order valence-electron chi connectivity index (χ4n) is 17.6. The summed E-state index contributed by atoms with van der Waals surface area (Å²) in [5.41, 5.74) is -2.06. The summed E-state index contributed by atoms with van der Waals surface area (Å²) in [6.07, 6.45) is 9.81. The van der Waals surface area contributed by atoms with Crippen LogP contribution in [0.5, 0.6) is 0 Å². The first kappa shape index (κ1) is 54.5. The van der Waals surface area contributed by atoms with Crippen molar-refractivity contribution in [2.45, 2.75) is 230 Å². The Morgan fingerprint density at radius 3 is 0.987 bits per heavy atom. The summed E-state index contributed by atoms with van der Waals surface area (Å²) in [5.74, 6) is -1.72. The Kier molecular flexibility index (Phi) is 14.6. The third-order valence-corrected chi connectivity index (χ3v) is 21.9. The lowest BCUT2D eigenvalue weighted by atomic mass is 9.57. The van der Waals surface area contributed by atoms with Crippen molar-refractivity contribution in [2.75, 3.05) is 39.5 Å². The van der Waals surface area contributed by atoms with Gasteiger partial charge in [0, 0.05) is 56.3 Å². The zero-order chi connectivity index (χ0) is 53.2. The number of rotatable bonds is 15. The van der Waals surface area contributed by atoms with E-state index < -0.39 is 70.9 Å². The molecule has 428 valence electrons. The Balaban J connectivity index is 0.676. The SMILES string of the molecule is C[C@@H]1CC[C@H]2[C@@H](C)C(CCOC(=O)CN(CC(=O)OCCC3O[C@@H]4OC5(C)CC[C@H]6[C@H](C)CC[C@@H]([C@H]3C)[C@@]46OO5)CC(=O)OCCC3O[C@@H]4OC5(C)CC[C@H]6[C@H](C)CC[C@@H]([C@H]3C)[C@@]46OO5)O[C@@H]3OC4(C)CC[C@@H]1[C@]32OO4. The summed E-state index contributed by atoms with van der Waals surface area (Å²) in [7, 11) is 0. The van der Waals surface area contributed by atoms with Gasteiger partial charge in [-0.3, -0.25) is 19.3 Å². The number of ether oxygens (including phenoxy) is 9. The molecule has 0 amide bonds. The minimum absolute atomic E-state index is 0.0720. The molecule has 0 aromatic heterocycles. The van der Waals surface area contributed by atoms with Crippen molar-refractivity contribution in [3.63, 3.8) is 0 Å². The van der Waals surface area contributed by atoms with Crippen LogP contribution in [-0.4, -0.2) is 134 Å². The first-order valence-corrected chi connectivity index (χ1v) is 29.6. The van der Waals surface area contributed by atoms with E-state index in [-0.39, 0.29) is 111 Å². The number of carbonyl (C=O) groups excluding carboxylic acids is 3. The number of esters is 3. The van der Waals surface area contributed by atoms with Crippen molar-refractivity contribution in [1.82, 2.24) is 4.90 Å². The van der Waals surface area contributed by atoms with Gasteiger partial charge in [-0.15, -0.1) is 0 Å². The van der Waals surface area contributed by atoms with E-state index in [2.05, 4.69) is 41.5 Å². The first-order valence-electron chi connectivity index (χ1n) is 29.6. The van der Waals surface area contributed by atoms with Gasteiger partial charge >= 0.3 is 17.9 Å². The van der Waals surface area contributed by atoms with Gasteiger partial charge in [-0.25, -0.2) is 29.3 Å². The second-order valence-electron chi connectivity index (χ2n) is 26.5. The van der Waals surface area contributed by atoms with E-state index in [1.807, 2.05) is 20.8 Å². The molecule has 15 rings (SSSR count). The van der Waals surface area contributed by atoms with Crippen LogP contribution in [0.15, 0.2) is 0 Å². The molecule has 0 aromatic rings. The molecule has 3 spiro atoms.